The number of carbonyl (C=O) groups excluding carboxylic acids is 2. The fraction of sp³-hybridized carbons (Fsp3) is 0.667. The molecule has 0 unspecified atom stereocenters. The third kappa shape index (κ3) is 4.71. The Morgan fingerprint density at radius 3 is 2.52 bits per heavy atom. The number of hydrogen-bond acceptors (Lipinski definition) is 5. The molecule has 0 radical (unpaired) electrons. The largest absolute Gasteiger partial charge is 0.462 e. The SMILES string of the molecule is CCC(=O)N1CCC2(CC1)C[C@H](CCN1CCN(c3ccc(F)cc3)[C@H](C)C1)OC2=O. The van der Waals surface area contributed by atoms with Crippen LogP contribution in [-0.4, -0.2) is 73.1 Å². The molecule has 170 valence electrons. The minimum absolute atomic E-state index is 0.0219. The van der Waals surface area contributed by atoms with Crippen LogP contribution in [0.2, 0.25) is 0 Å². The minimum atomic E-state index is -0.385. The summed E-state index contributed by atoms with van der Waals surface area (Å²) in [5, 5.41) is 0. The number of nitrogens with zero attached hydrogens (tertiary/aromatic N) is 3. The van der Waals surface area contributed by atoms with Crippen LogP contribution >= 0.6 is 0 Å². The first-order valence-corrected chi connectivity index (χ1v) is 11.6. The van der Waals surface area contributed by atoms with E-state index in [2.05, 4.69) is 16.7 Å². The highest BCUT2D eigenvalue weighted by molar-refractivity contribution is 5.80. The molecule has 6 nitrogen and oxygen atoms in total. The summed E-state index contributed by atoms with van der Waals surface area (Å²) in [5.41, 5.74) is 0.678. The highest BCUT2D eigenvalue weighted by atomic mass is 19.1. The number of piperazine rings is 1. The van der Waals surface area contributed by atoms with Crippen molar-refractivity contribution in [1.29, 1.82) is 0 Å². The van der Waals surface area contributed by atoms with Crippen LogP contribution in [0.1, 0.15) is 46.0 Å². The lowest BCUT2D eigenvalue weighted by atomic mass is 9.75. The maximum absolute atomic E-state index is 13.2. The van der Waals surface area contributed by atoms with E-state index in [0.717, 1.165) is 57.5 Å². The number of carbonyl (C=O) groups is 2. The van der Waals surface area contributed by atoms with Gasteiger partial charge in [-0.2, -0.15) is 0 Å². The zero-order valence-electron chi connectivity index (χ0n) is 18.7. The van der Waals surface area contributed by atoms with E-state index in [0.29, 0.717) is 25.6 Å². The zero-order valence-corrected chi connectivity index (χ0v) is 18.7. The van der Waals surface area contributed by atoms with Gasteiger partial charge in [0.05, 0.1) is 5.41 Å². The molecule has 4 rings (SSSR count). The van der Waals surface area contributed by atoms with Crippen molar-refractivity contribution in [2.45, 2.75) is 58.1 Å². The predicted octanol–water partition coefficient (Wildman–Crippen LogP) is 3.06. The molecule has 3 heterocycles. The van der Waals surface area contributed by atoms with Crippen molar-refractivity contribution in [2.75, 3.05) is 44.2 Å². The van der Waals surface area contributed by atoms with Gasteiger partial charge in [-0.1, -0.05) is 6.92 Å². The maximum atomic E-state index is 13.2. The number of hydrogen-bond donors (Lipinski definition) is 0. The van der Waals surface area contributed by atoms with E-state index in [1.54, 1.807) is 0 Å². The fourth-order valence-corrected chi connectivity index (χ4v) is 5.39. The summed E-state index contributed by atoms with van der Waals surface area (Å²) in [6, 6.07) is 7.07. The van der Waals surface area contributed by atoms with Gasteiger partial charge < -0.3 is 14.5 Å². The number of benzene rings is 1. The second kappa shape index (κ2) is 9.15. The van der Waals surface area contributed by atoms with Crippen LogP contribution in [0.3, 0.4) is 0 Å². The molecule has 1 amide bonds. The number of cyclic esters (lactones) is 1. The fourth-order valence-electron chi connectivity index (χ4n) is 5.39. The van der Waals surface area contributed by atoms with Gasteiger partial charge >= 0.3 is 5.97 Å². The summed E-state index contributed by atoms with van der Waals surface area (Å²) in [7, 11) is 0. The summed E-state index contributed by atoms with van der Waals surface area (Å²) >= 11 is 0. The van der Waals surface area contributed by atoms with Gasteiger partial charge in [0.25, 0.3) is 0 Å². The monoisotopic (exact) mass is 431 g/mol. The highest BCUT2D eigenvalue weighted by Crippen LogP contribution is 2.44. The normalized spacial score (nSPS) is 26.4. The Balaban J connectivity index is 1.25. The summed E-state index contributed by atoms with van der Waals surface area (Å²) in [5.74, 6) is -0.0937. The average Bonchev–Trinajstić information content (AvgIpc) is 3.08. The van der Waals surface area contributed by atoms with Gasteiger partial charge in [-0.05, 0) is 50.5 Å². The number of rotatable bonds is 5. The van der Waals surface area contributed by atoms with Crippen LogP contribution in [0.4, 0.5) is 10.1 Å². The van der Waals surface area contributed by atoms with Crippen LogP contribution in [-0.2, 0) is 14.3 Å². The molecule has 1 aromatic rings. The third-order valence-corrected chi connectivity index (χ3v) is 7.34. The molecule has 31 heavy (non-hydrogen) atoms. The number of halogens is 1. The second-order valence-electron chi connectivity index (χ2n) is 9.35. The van der Waals surface area contributed by atoms with Crippen molar-refractivity contribution < 1.29 is 18.7 Å². The van der Waals surface area contributed by atoms with Crippen molar-refractivity contribution in [3.63, 3.8) is 0 Å². The molecular formula is C24H34FN3O3. The Labute approximate surface area is 184 Å². The van der Waals surface area contributed by atoms with E-state index in [9.17, 15) is 14.0 Å². The van der Waals surface area contributed by atoms with Gasteiger partial charge in [-0.15, -0.1) is 0 Å². The first-order valence-electron chi connectivity index (χ1n) is 11.6. The molecule has 0 aromatic heterocycles. The molecule has 0 bridgehead atoms. The molecule has 0 aliphatic carbocycles. The number of amides is 1. The van der Waals surface area contributed by atoms with E-state index in [1.807, 2.05) is 24.0 Å². The standard InChI is InChI=1S/C24H34FN3O3/c1-3-22(29)27-12-9-24(10-13-27)16-21(31-23(24)30)8-11-26-14-15-28(18(2)17-26)20-6-4-19(25)5-7-20/h4-7,18,21H,3,8-17H2,1-2H3/t18-,21+/m1/s1. The first kappa shape index (κ1) is 22.1. The summed E-state index contributed by atoms with van der Waals surface area (Å²) in [6.07, 6.45) is 3.58. The summed E-state index contributed by atoms with van der Waals surface area (Å²) in [4.78, 5) is 31.2. The van der Waals surface area contributed by atoms with Gasteiger partial charge in [0.15, 0.2) is 0 Å². The van der Waals surface area contributed by atoms with Gasteiger partial charge in [0.1, 0.15) is 11.9 Å². The Hall–Kier alpha value is -2.15. The second-order valence-corrected chi connectivity index (χ2v) is 9.35. The van der Waals surface area contributed by atoms with E-state index in [1.165, 1.54) is 12.1 Å². The van der Waals surface area contributed by atoms with Gasteiger partial charge in [0, 0.05) is 63.8 Å². The van der Waals surface area contributed by atoms with Gasteiger partial charge in [0.2, 0.25) is 5.91 Å². The summed E-state index contributed by atoms with van der Waals surface area (Å²) in [6.45, 7) is 9.12. The Kier molecular flexibility index (Phi) is 6.51. The topological polar surface area (TPSA) is 53.1 Å². The molecule has 7 heteroatoms. The molecule has 1 spiro atoms. The lowest BCUT2D eigenvalue weighted by Gasteiger charge is -2.41. The molecule has 0 saturated carbocycles. The van der Waals surface area contributed by atoms with E-state index < -0.39 is 0 Å². The van der Waals surface area contributed by atoms with Crippen LogP contribution in [0.15, 0.2) is 24.3 Å². The van der Waals surface area contributed by atoms with Gasteiger partial charge in [-0.25, -0.2) is 4.39 Å². The Bertz CT molecular complexity index is 792. The molecule has 3 fully saturated rings. The lowest BCUT2D eigenvalue weighted by Crippen LogP contribution is -2.52. The number of anilines is 1. The van der Waals surface area contributed by atoms with Crippen LogP contribution < -0.4 is 4.90 Å². The number of esters is 1. The van der Waals surface area contributed by atoms with Gasteiger partial charge in [-0.3, -0.25) is 14.5 Å². The van der Waals surface area contributed by atoms with Crippen molar-refractivity contribution >= 4 is 17.6 Å². The van der Waals surface area contributed by atoms with Crippen molar-refractivity contribution in [3.8, 4) is 0 Å². The van der Waals surface area contributed by atoms with Crippen molar-refractivity contribution in [3.05, 3.63) is 30.1 Å². The van der Waals surface area contributed by atoms with Crippen molar-refractivity contribution in [2.24, 2.45) is 5.41 Å². The molecule has 3 saturated heterocycles. The molecule has 0 N–H and O–H groups in total. The van der Waals surface area contributed by atoms with Crippen LogP contribution in [0.5, 0.6) is 0 Å². The minimum Gasteiger partial charge on any atom is -0.462 e. The maximum Gasteiger partial charge on any atom is 0.312 e. The Morgan fingerprint density at radius 1 is 1.16 bits per heavy atom. The lowest BCUT2D eigenvalue weighted by molar-refractivity contribution is -0.152. The van der Waals surface area contributed by atoms with E-state index >= 15 is 0 Å². The number of piperidine rings is 1. The van der Waals surface area contributed by atoms with Crippen molar-refractivity contribution in [1.82, 2.24) is 9.80 Å². The molecule has 3 aliphatic rings. The van der Waals surface area contributed by atoms with E-state index in [-0.39, 0.29) is 29.2 Å². The highest BCUT2D eigenvalue weighted by Gasteiger charge is 2.50. The predicted molar refractivity (Wildman–Crippen MR) is 117 cm³/mol. The average molecular weight is 432 g/mol. The molecule has 1 aromatic carbocycles. The van der Waals surface area contributed by atoms with Crippen LogP contribution in [0.25, 0.3) is 0 Å². The van der Waals surface area contributed by atoms with E-state index in [4.69, 9.17) is 4.74 Å². The quantitative estimate of drug-likeness (QED) is 0.671. The molecule has 3 aliphatic heterocycles. The smallest absolute Gasteiger partial charge is 0.312 e. The Morgan fingerprint density at radius 2 is 1.87 bits per heavy atom. The summed E-state index contributed by atoms with van der Waals surface area (Å²) < 4.78 is 19.0. The number of ether oxygens (including phenoxy) is 1. The number of likely N-dealkylation sites (tertiary alicyclic amines) is 1. The zero-order chi connectivity index (χ0) is 22.0. The van der Waals surface area contributed by atoms with Crippen LogP contribution in [0, 0.1) is 11.2 Å². The molecular weight excluding hydrogens is 397 g/mol. The molecule has 2 atom stereocenters. The third-order valence-electron chi connectivity index (χ3n) is 7.34. The first-order chi connectivity index (χ1) is 14.9.